The van der Waals surface area contributed by atoms with E-state index in [2.05, 4.69) is 44.9 Å². The fourth-order valence-electron chi connectivity index (χ4n) is 3.62. The molecule has 2 heterocycles. The highest BCUT2D eigenvalue weighted by atomic mass is 16.7. The predicted octanol–water partition coefficient (Wildman–Crippen LogP) is 4.59. The van der Waals surface area contributed by atoms with Crippen molar-refractivity contribution in [1.82, 2.24) is 5.06 Å². The molecule has 132 valence electrons. The maximum Gasteiger partial charge on any atom is 0.164 e. The van der Waals surface area contributed by atoms with Crippen LogP contribution >= 0.6 is 0 Å². The van der Waals surface area contributed by atoms with Gasteiger partial charge < -0.3 is 9.47 Å². The number of ether oxygens (including phenoxy) is 2. The van der Waals surface area contributed by atoms with Crippen LogP contribution in [0.1, 0.15) is 58.6 Å². The number of hydrogen-bond donors (Lipinski definition) is 0. The molecule has 0 amide bonds. The Kier molecular flexibility index (Phi) is 5.00. The lowest BCUT2D eigenvalue weighted by Gasteiger charge is -2.52. The molecule has 0 aromatic heterocycles. The van der Waals surface area contributed by atoms with Crippen LogP contribution in [0.5, 0.6) is 0 Å². The van der Waals surface area contributed by atoms with Gasteiger partial charge in [0.15, 0.2) is 5.76 Å². The van der Waals surface area contributed by atoms with E-state index in [9.17, 15) is 0 Å². The van der Waals surface area contributed by atoms with Gasteiger partial charge in [0.05, 0.1) is 6.61 Å². The minimum atomic E-state index is -0.123. The molecule has 1 fully saturated rings. The van der Waals surface area contributed by atoms with E-state index in [-0.39, 0.29) is 17.2 Å². The largest absolute Gasteiger partial charge is 0.460 e. The zero-order valence-electron chi connectivity index (χ0n) is 15.2. The second kappa shape index (κ2) is 6.87. The highest BCUT2D eigenvalue weighted by molar-refractivity contribution is 5.18. The van der Waals surface area contributed by atoms with Gasteiger partial charge in [-0.1, -0.05) is 30.3 Å². The average Bonchev–Trinajstić information content (AvgIpc) is 3.33. The normalized spacial score (nSPS) is 23.2. The first kappa shape index (κ1) is 17.5. The van der Waals surface area contributed by atoms with E-state index < -0.39 is 0 Å². The van der Waals surface area contributed by atoms with Crippen molar-refractivity contribution in [2.75, 3.05) is 13.2 Å². The minimum Gasteiger partial charge on any atom is -0.460 e. The average molecular weight is 331 g/mol. The first-order valence-corrected chi connectivity index (χ1v) is 8.84. The summed E-state index contributed by atoms with van der Waals surface area (Å²) in [6, 6.07) is 10.3. The maximum atomic E-state index is 6.56. The van der Waals surface area contributed by atoms with E-state index in [4.69, 9.17) is 14.3 Å². The molecule has 1 aromatic carbocycles. The molecule has 3 rings (SSSR count). The SMILES string of the molecule is CC1(C)CCCC(C)(C)N1OC(COCC1=CO1)c1ccccc1. The molecule has 0 bridgehead atoms. The summed E-state index contributed by atoms with van der Waals surface area (Å²) in [4.78, 5) is 6.56. The summed E-state index contributed by atoms with van der Waals surface area (Å²) in [5.41, 5.74) is 1.16. The van der Waals surface area contributed by atoms with Gasteiger partial charge in [0, 0.05) is 11.1 Å². The van der Waals surface area contributed by atoms with Gasteiger partial charge in [-0.2, -0.15) is 5.06 Å². The predicted molar refractivity (Wildman–Crippen MR) is 94.1 cm³/mol. The summed E-state index contributed by atoms with van der Waals surface area (Å²) in [6.07, 6.45) is 5.11. The van der Waals surface area contributed by atoms with E-state index in [1.54, 1.807) is 6.26 Å². The highest BCUT2D eigenvalue weighted by Crippen LogP contribution is 2.40. The number of benzene rings is 1. The molecule has 2 aliphatic rings. The quantitative estimate of drug-likeness (QED) is 0.732. The van der Waals surface area contributed by atoms with Crippen LogP contribution in [0.2, 0.25) is 0 Å². The van der Waals surface area contributed by atoms with Crippen molar-refractivity contribution in [3.8, 4) is 0 Å². The molecule has 0 saturated carbocycles. The van der Waals surface area contributed by atoms with E-state index in [0.29, 0.717) is 13.2 Å². The summed E-state index contributed by atoms with van der Waals surface area (Å²) < 4.78 is 10.8. The van der Waals surface area contributed by atoms with Gasteiger partial charge >= 0.3 is 0 Å². The molecule has 2 aliphatic heterocycles. The van der Waals surface area contributed by atoms with Crippen LogP contribution in [0, 0.1) is 0 Å². The first-order valence-electron chi connectivity index (χ1n) is 8.84. The van der Waals surface area contributed by atoms with E-state index in [0.717, 1.165) is 24.2 Å². The van der Waals surface area contributed by atoms with E-state index in [1.807, 2.05) is 18.2 Å². The smallest absolute Gasteiger partial charge is 0.164 e. The molecule has 4 nitrogen and oxygen atoms in total. The molecule has 1 aromatic rings. The Morgan fingerprint density at radius 3 is 2.29 bits per heavy atom. The summed E-state index contributed by atoms with van der Waals surface area (Å²) >= 11 is 0. The topological polar surface area (TPSA) is 34.2 Å². The third kappa shape index (κ3) is 4.18. The Bertz CT molecular complexity index is 564. The van der Waals surface area contributed by atoms with Crippen molar-refractivity contribution >= 4 is 0 Å². The fraction of sp³-hybridized carbons (Fsp3) is 0.600. The van der Waals surface area contributed by atoms with Gasteiger partial charge in [-0.25, -0.2) is 0 Å². The Hall–Kier alpha value is -1.36. The molecule has 0 radical (unpaired) electrons. The van der Waals surface area contributed by atoms with E-state index >= 15 is 0 Å². The second-order valence-electron chi connectivity index (χ2n) is 7.99. The molecule has 1 unspecified atom stereocenters. The molecule has 0 N–H and O–H groups in total. The van der Waals surface area contributed by atoms with Crippen molar-refractivity contribution in [3.05, 3.63) is 47.9 Å². The van der Waals surface area contributed by atoms with Crippen LogP contribution < -0.4 is 0 Å². The molecule has 1 atom stereocenters. The summed E-state index contributed by atoms with van der Waals surface area (Å²) in [5, 5.41) is 2.21. The lowest BCUT2D eigenvalue weighted by Crippen LogP contribution is -2.58. The van der Waals surface area contributed by atoms with Crippen molar-refractivity contribution in [2.24, 2.45) is 0 Å². The number of nitrogens with zero attached hydrogens (tertiary/aromatic N) is 1. The second-order valence-corrected chi connectivity index (χ2v) is 7.99. The zero-order chi connectivity index (χ0) is 17.2. The van der Waals surface area contributed by atoms with E-state index in [1.165, 1.54) is 6.42 Å². The standard InChI is InChI=1S/C20H29NO3/c1-19(2)11-8-12-20(3,4)21(19)24-18(15-22-13-17-14-23-17)16-9-6-5-7-10-16/h5-7,9-10,14,18H,8,11-13,15H2,1-4H3. The van der Waals surface area contributed by atoms with Gasteiger partial charge in [0.25, 0.3) is 0 Å². The minimum absolute atomic E-state index is 0.0108. The molecular weight excluding hydrogens is 302 g/mol. The number of piperidine rings is 1. The highest BCUT2D eigenvalue weighted by Gasteiger charge is 2.43. The van der Waals surface area contributed by atoms with Crippen molar-refractivity contribution in [2.45, 2.75) is 64.1 Å². The van der Waals surface area contributed by atoms with Crippen LogP contribution in [0.15, 0.2) is 42.4 Å². The fourth-order valence-corrected chi connectivity index (χ4v) is 3.62. The molecule has 1 saturated heterocycles. The van der Waals surface area contributed by atoms with Gasteiger partial charge in [-0.3, -0.25) is 4.84 Å². The molecule has 0 aliphatic carbocycles. The van der Waals surface area contributed by atoms with Gasteiger partial charge in [-0.05, 0) is 52.5 Å². The summed E-state index contributed by atoms with van der Waals surface area (Å²) in [6.45, 7) is 10.1. The number of hydrogen-bond acceptors (Lipinski definition) is 4. The Labute approximate surface area is 145 Å². The third-order valence-electron chi connectivity index (χ3n) is 4.88. The van der Waals surface area contributed by atoms with Gasteiger partial charge in [-0.15, -0.1) is 0 Å². The summed E-state index contributed by atoms with van der Waals surface area (Å²) in [5.74, 6) is 0.903. The lowest BCUT2D eigenvalue weighted by atomic mass is 9.82. The monoisotopic (exact) mass is 331 g/mol. The molecule has 4 heteroatoms. The van der Waals surface area contributed by atoms with Crippen LogP contribution in [-0.4, -0.2) is 29.4 Å². The molecular formula is C20H29NO3. The molecule has 24 heavy (non-hydrogen) atoms. The van der Waals surface area contributed by atoms with Crippen LogP contribution in [-0.2, 0) is 14.3 Å². The maximum absolute atomic E-state index is 6.56. The summed E-state index contributed by atoms with van der Waals surface area (Å²) in [7, 11) is 0. The first-order chi connectivity index (χ1) is 11.4. The lowest BCUT2D eigenvalue weighted by molar-refractivity contribution is -0.312. The van der Waals surface area contributed by atoms with Crippen molar-refractivity contribution < 1.29 is 14.3 Å². The number of rotatable bonds is 7. The Morgan fingerprint density at radius 1 is 1.08 bits per heavy atom. The van der Waals surface area contributed by atoms with Crippen LogP contribution in [0.3, 0.4) is 0 Å². The van der Waals surface area contributed by atoms with Gasteiger partial charge in [0.1, 0.15) is 19.0 Å². The van der Waals surface area contributed by atoms with Crippen molar-refractivity contribution in [3.63, 3.8) is 0 Å². The third-order valence-corrected chi connectivity index (χ3v) is 4.88. The zero-order valence-corrected chi connectivity index (χ0v) is 15.2. The van der Waals surface area contributed by atoms with Gasteiger partial charge in [0.2, 0.25) is 0 Å². The molecule has 0 spiro atoms. The van der Waals surface area contributed by atoms with Crippen molar-refractivity contribution in [1.29, 1.82) is 0 Å². The Balaban J connectivity index is 1.74. The number of hydroxylamine groups is 2. The van der Waals surface area contributed by atoms with Crippen LogP contribution in [0.25, 0.3) is 0 Å². The van der Waals surface area contributed by atoms with Crippen LogP contribution in [0.4, 0.5) is 0 Å². The Morgan fingerprint density at radius 2 is 1.71 bits per heavy atom.